The summed E-state index contributed by atoms with van der Waals surface area (Å²) >= 11 is 0. The van der Waals surface area contributed by atoms with Crippen molar-refractivity contribution in [1.82, 2.24) is 19.8 Å². The van der Waals surface area contributed by atoms with Crippen LogP contribution in [0.4, 0.5) is 15.0 Å². The molecule has 0 aliphatic carbocycles. The zero-order chi connectivity index (χ0) is 27.0. The number of carbonyl (C=O) groups excluding carboxylic acids is 2. The van der Waals surface area contributed by atoms with Gasteiger partial charge < -0.3 is 24.2 Å². The van der Waals surface area contributed by atoms with E-state index in [2.05, 4.69) is 14.9 Å². The lowest BCUT2D eigenvalue weighted by Gasteiger charge is -2.54. The number of nitrogens with zero attached hydrogens (tertiary/aromatic N) is 5. The zero-order valence-corrected chi connectivity index (χ0v) is 22.5. The van der Waals surface area contributed by atoms with Gasteiger partial charge in [-0.2, -0.15) is 0 Å². The van der Waals surface area contributed by atoms with Crippen molar-refractivity contribution in [3.05, 3.63) is 42.1 Å². The summed E-state index contributed by atoms with van der Waals surface area (Å²) in [6.07, 6.45) is 4.51. The minimum Gasteiger partial charge on any atom is -0.451 e. The summed E-state index contributed by atoms with van der Waals surface area (Å²) in [5, 5.41) is 0. The van der Waals surface area contributed by atoms with E-state index in [0.29, 0.717) is 24.7 Å². The lowest BCUT2D eigenvalue weighted by Crippen LogP contribution is -2.61. The topological polar surface area (TPSA) is 88.1 Å². The Bertz CT molecular complexity index is 1150. The molecule has 1 aromatic heterocycles. The number of hydrogen-bond acceptors (Lipinski definition) is 7. The molecule has 0 saturated carbocycles. The number of rotatable bonds is 5. The number of aromatic nitrogens is 2. The van der Waals surface area contributed by atoms with Crippen LogP contribution < -0.4 is 9.64 Å². The smallest absolute Gasteiger partial charge is 0.410 e. The van der Waals surface area contributed by atoms with Crippen molar-refractivity contribution < 1.29 is 23.5 Å². The molecule has 2 saturated heterocycles. The second kappa shape index (κ2) is 10.1. The minimum atomic E-state index is -0.514. The van der Waals surface area contributed by atoms with Gasteiger partial charge >= 0.3 is 6.09 Å². The summed E-state index contributed by atoms with van der Waals surface area (Å²) in [6, 6.07) is 3.86. The third-order valence-electron chi connectivity index (χ3n) is 6.97. The Kier molecular flexibility index (Phi) is 7.30. The molecule has 0 unspecified atom stereocenters. The van der Waals surface area contributed by atoms with Gasteiger partial charge in [-0.1, -0.05) is 0 Å². The van der Waals surface area contributed by atoms with Crippen molar-refractivity contribution in [3.8, 4) is 11.5 Å². The van der Waals surface area contributed by atoms with E-state index < -0.39 is 11.4 Å². The fourth-order valence-corrected chi connectivity index (χ4v) is 4.64. The van der Waals surface area contributed by atoms with Crippen molar-refractivity contribution in [2.75, 3.05) is 38.1 Å². The van der Waals surface area contributed by atoms with Crippen LogP contribution in [0.2, 0.25) is 0 Å². The van der Waals surface area contributed by atoms with Crippen LogP contribution in [0.25, 0.3) is 0 Å². The maximum atomic E-state index is 14.1. The van der Waals surface area contributed by atoms with Gasteiger partial charge in [-0.3, -0.25) is 4.79 Å². The van der Waals surface area contributed by atoms with Gasteiger partial charge in [0.25, 0.3) is 5.91 Å². The van der Waals surface area contributed by atoms with Crippen molar-refractivity contribution in [3.63, 3.8) is 0 Å². The van der Waals surface area contributed by atoms with Gasteiger partial charge in [0, 0.05) is 44.7 Å². The molecule has 2 aliphatic rings. The summed E-state index contributed by atoms with van der Waals surface area (Å²) in [4.78, 5) is 39.4. The van der Waals surface area contributed by atoms with Crippen LogP contribution in [0.3, 0.4) is 0 Å². The Labute approximate surface area is 217 Å². The van der Waals surface area contributed by atoms with Gasteiger partial charge in [-0.25, -0.2) is 19.2 Å². The molecule has 4 rings (SSSR count). The van der Waals surface area contributed by atoms with Gasteiger partial charge in [-0.05, 0) is 65.7 Å². The SMILES string of the molecule is CC(C)N(C)C(=O)c1cc(F)ccc1Oc1cncnc1N1CC2(CCN(C(=O)OC(C)(C)C)CC2)C1. The Hall–Kier alpha value is -3.43. The van der Waals surface area contributed by atoms with Gasteiger partial charge in [0.1, 0.15) is 23.5 Å². The maximum absolute atomic E-state index is 14.1. The maximum Gasteiger partial charge on any atom is 0.410 e. The Morgan fingerprint density at radius 3 is 2.43 bits per heavy atom. The average Bonchev–Trinajstić information content (AvgIpc) is 2.82. The quantitative estimate of drug-likeness (QED) is 0.571. The molecule has 2 aliphatic heterocycles. The first-order chi connectivity index (χ1) is 17.4. The molecular weight excluding hydrogens is 477 g/mol. The highest BCUT2D eigenvalue weighted by molar-refractivity contribution is 5.97. The normalized spacial score (nSPS) is 17.0. The highest BCUT2D eigenvalue weighted by atomic mass is 19.1. The van der Waals surface area contributed by atoms with Crippen molar-refractivity contribution in [1.29, 1.82) is 0 Å². The molecule has 2 aromatic rings. The minimum absolute atomic E-state index is 0.0572. The first-order valence-corrected chi connectivity index (χ1v) is 12.6. The summed E-state index contributed by atoms with van der Waals surface area (Å²) < 4.78 is 25.7. The standard InChI is InChI=1S/C27H36FN5O4/c1-18(2)31(6)24(34)20-13-19(28)7-8-21(20)36-22-14-29-17-30-23(22)33-15-27(16-33)9-11-32(12-10-27)25(35)37-26(3,4)5/h7-8,13-14,17-18H,9-12,15-16H2,1-6H3. The number of anilines is 1. The van der Waals surface area contributed by atoms with Gasteiger partial charge in [0.15, 0.2) is 11.6 Å². The Balaban J connectivity index is 1.45. The average molecular weight is 514 g/mol. The van der Waals surface area contributed by atoms with Crippen LogP contribution in [0.5, 0.6) is 11.5 Å². The van der Waals surface area contributed by atoms with E-state index in [1.54, 1.807) is 18.1 Å². The Morgan fingerprint density at radius 1 is 1.14 bits per heavy atom. The van der Waals surface area contributed by atoms with Crippen molar-refractivity contribution >= 4 is 17.8 Å². The van der Waals surface area contributed by atoms with Crippen LogP contribution in [0.1, 0.15) is 57.8 Å². The highest BCUT2D eigenvalue weighted by Gasteiger charge is 2.47. The highest BCUT2D eigenvalue weighted by Crippen LogP contribution is 2.45. The van der Waals surface area contributed by atoms with Gasteiger partial charge in [-0.15, -0.1) is 0 Å². The van der Waals surface area contributed by atoms with Gasteiger partial charge in [0.05, 0.1) is 11.8 Å². The van der Waals surface area contributed by atoms with Crippen molar-refractivity contribution in [2.45, 2.75) is 59.1 Å². The van der Waals surface area contributed by atoms with Crippen LogP contribution in [0.15, 0.2) is 30.7 Å². The molecular formula is C27H36FN5O4. The van der Waals surface area contributed by atoms with Gasteiger partial charge in [0.2, 0.25) is 0 Å². The van der Waals surface area contributed by atoms with Crippen molar-refractivity contribution in [2.24, 2.45) is 5.41 Å². The number of hydrogen-bond donors (Lipinski definition) is 0. The molecule has 1 aromatic carbocycles. The third-order valence-corrected chi connectivity index (χ3v) is 6.97. The van der Waals surface area contributed by atoms with Crippen LogP contribution in [-0.4, -0.2) is 76.6 Å². The third kappa shape index (κ3) is 5.94. The lowest BCUT2D eigenvalue weighted by molar-refractivity contribution is 0.00586. The van der Waals surface area contributed by atoms with E-state index in [1.807, 2.05) is 34.6 Å². The fraction of sp³-hybridized carbons (Fsp3) is 0.556. The van der Waals surface area contributed by atoms with Crippen LogP contribution >= 0.6 is 0 Å². The van der Waals surface area contributed by atoms with Crippen LogP contribution in [0, 0.1) is 11.2 Å². The molecule has 0 atom stereocenters. The summed E-state index contributed by atoms with van der Waals surface area (Å²) in [7, 11) is 1.67. The molecule has 0 bridgehead atoms. The van der Waals surface area contributed by atoms with E-state index in [0.717, 1.165) is 25.9 Å². The monoisotopic (exact) mass is 513 g/mol. The van der Waals surface area contributed by atoms with E-state index in [1.165, 1.54) is 29.4 Å². The number of piperidine rings is 1. The van der Waals surface area contributed by atoms with E-state index >= 15 is 0 Å². The lowest BCUT2D eigenvalue weighted by atomic mass is 9.72. The predicted molar refractivity (Wildman–Crippen MR) is 137 cm³/mol. The molecule has 200 valence electrons. The number of halogens is 1. The predicted octanol–water partition coefficient (Wildman–Crippen LogP) is 4.73. The number of benzene rings is 1. The largest absolute Gasteiger partial charge is 0.451 e. The molecule has 1 spiro atoms. The second-order valence-electron chi connectivity index (χ2n) is 11.3. The van der Waals surface area contributed by atoms with E-state index in [-0.39, 0.29) is 34.8 Å². The second-order valence-corrected chi connectivity index (χ2v) is 11.3. The van der Waals surface area contributed by atoms with E-state index in [9.17, 15) is 14.0 Å². The molecule has 2 amide bonds. The first-order valence-electron chi connectivity index (χ1n) is 12.6. The molecule has 0 radical (unpaired) electrons. The summed E-state index contributed by atoms with van der Waals surface area (Å²) in [6.45, 7) is 12.2. The number of likely N-dealkylation sites (tertiary alicyclic amines) is 1. The van der Waals surface area contributed by atoms with E-state index in [4.69, 9.17) is 9.47 Å². The molecule has 9 nitrogen and oxygen atoms in total. The van der Waals surface area contributed by atoms with Crippen LogP contribution in [-0.2, 0) is 4.74 Å². The molecule has 3 heterocycles. The number of amides is 2. The molecule has 2 fully saturated rings. The molecule has 0 N–H and O–H groups in total. The zero-order valence-electron chi connectivity index (χ0n) is 22.5. The first kappa shape index (κ1) is 26.6. The molecule has 10 heteroatoms. The summed E-state index contributed by atoms with van der Waals surface area (Å²) in [5.41, 5.74) is -0.277. The fourth-order valence-electron chi connectivity index (χ4n) is 4.64. The number of carbonyl (C=O) groups is 2. The number of ether oxygens (including phenoxy) is 2. The summed E-state index contributed by atoms with van der Waals surface area (Å²) in [5.74, 6) is 0.421. The molecule has 37 heavy (non-hydrogen) atoms. The Morgan fingerprint density at radius 2 is 1.81 bits per heavy atom.